The monoisotopic (exact) mass is 173 g/mol. The van der Waals surface area contributed by atoms with Crippen LogP contribution < -0.4 is 0 Å². The summed E-state index contributed by atoms with van der Waals surface area (Å²) in [6.07, 6.45) is 0. The molecule has 0 aromatic rings. The molecule has 0 bridgehead atoms. The molecule has 2 heteroatoms. The summed E-state index contributed by atoms with van der Waals surface area (Å²) in [7, 11) is 0. The van der Waals surface area contributed by atoms with E-state index < -0.39 is 0 Å². The van der Waals surface area contributed by atoms with Crippen LogP contribution in [0.5, 0.6) is 0 Å². The molecule has 0 saturated carbocycles. The van der Waals surface area contributed by atoms with Crippen LogP contribution in [-0.2, 0) is 0 Å². The first-order valence-corrected chi connectivity index (χ1v) is 3.38. The van der Waals surface area contributed by atoms with Gasteiger partial charge in [0.05, 0.1) is 6.54 Å². The maximum Gasteiger partial charge on any atom is 0.0615 e. The molecular formula is C6H8BrN. The molecule has 0 radical (unpaired) electrons. The van der Waals surface area contributed by atoms with Crippen molar-refractivity contribution >= 4 is 21.6 Å². The van der Waals surface area contributed by atoms with Gasteiger partial charge in [0.15, 0.2) is 0 Å². The van der Waals surface area contributed by atoms with Gasteiger partial charge >= 0.3 is 0 Å². The summed E-state index contributed by atoms with van der Waals surface area (Å²) in [6, 6.07) is 0. The Morgan fingerprint density at radius 2 is 2.12 bits per heavy atom. The number of hydrogen-bond donors (Lipinski definition) is 0. The van der Waals surface area contributed by atoms with E-state index in [4.69, 9.17) is 0 Å². The van der Waals surface area contributed by atoms with E-state index in [1.807, 2.05) is 6.92 Å². The van der Waals surface area contributed by atoms with E-state index in [-0.39, 0.29) is 0 Å². The first-order valence-electron chi connectivity index (χ1n) is 2.58. The number of nitrogens with zero attached hydrogens (tertiary/aromatic N) is 1. The van der Waals surface area contributed by atoms with Crippen molar-refractivity contribution in [2.45, 2.75) is 13.8 Å². The molecule has 1 nitrogen and oxygen atoms in total. The molecule has 0 atom stereocenters. The van der Waals surface area contributed by atoms with Crippen LogP contribution in [0.15, 0.2) is 15.0 Å². The lowest BCUT2D eigenvalue weighted by Crippen LogP contribution is -1.83. The molecule has 0 aromatic carbocycles. The second-order valence-corrected chi connectivity index (χ2v) is 2.79. The van der Waals surface area contributed by atoms with E-state index in [1.165, 1.54) is 10.1 Å². The molecule has 0 aliphatic carbocycles. The van der Waals surface area contributed by atoms with Crippen LogP contribution in [0.4, 0.5) is 0 Å². The molecule has 44 valence electrons. The molecule has 0 saturated heterocycles. The van der Waals surface area contributed by atoms with Gasteiger partial charge in [0.2, 0.25) is 0 Å². The zero-order valence-electron chi connectivity index (χ0n) is 5.03. The average molecular weight is 174 g/mol. The number of hydrogen-bond acceptors (Lipinski definition) is 1. The molecule has 0 aromatic heterocycles. The smallest absolute Gasteiger partial charge is 0.0615 e. The minimum Gasteiger partial charge on any atom is -0.284 e. The predicted octanol–water partition coefficient (Wildman–Crippen LogP) is 2.13. The van der Waals surface area contributed by atoms with Gasteiger partial charge in [-0.25, -0.2) is 0 Å². The van der Waals surface area contributed by atoms with Gasteiger partial charge in [0.25, 0.3) is 0 Å². The molecule has 8 heavy (non-hydrogen) atoms. The zero-order chi connectivity index (χ0) is 6.15. The van der Waals surface area contributed by atoms with Gasteiger partial charge in [-0.15, -0.1) is 0 Å². The fourth-order valence-electron chi connectivity index (χ4n) is 0.685. The van der Waals surface area contributed by atoms with E-state index in [0.717, 1.165) is 12.3 Å². The molecule has 1 aliphatic heterocycles. The summed E-state index contributed by atoms with van der Waals surface area (Å²) < 4.78 is 1.19. The van der Waals surface area contributed by atoms with Gasteiger partial charge < -0.3 is 0 Å². The molecule has 0 fully saturated rings. The van der Waals surface area contributed by atoms with Gasteiger partial charge in [-0.3, -0.25) is 4.99 Å². The highest BCUT2D eigenvalue weighted by Crippen LogP contribution is 2.19. The SMILES string of the molecule is CC1=NCC(C)=C1Br. The van der Waals surface area contributed by atoms with Crippen molar-refractivity contribution in [2.24, 2.45) is 4.99 Å². The van der Waals surface area contributed by atoms with E-state index in [2.05, 4.69) is 27.8 Å². The van der Waals surface area contributed by atoms with Crippen LogP contribution in [0.25, 0.3) is 0 Å². The average Bonchev–Trinajstić information content (AvgIpc) is 1.98. The Hall–Kier alpha value is -0.110. The molecule has 0 spiro atoms. The van der Waals surface area contributed by atoms with Crippen molar-refractivity contribution in [1.29, 1.82) is 0 Å². The van der Waals surface area contributed by atoms with Gasteiger partial charge in [0, 0.05) is 10.2 Å². The van der Waals surface area contributed by atoms with Gasteiger partial charge in [0.1, 0.15) is 0 Å². The molecule has 1 heterocycles. The Morgan fingerprint density at radius 3 is 2.25 bits per heavy atom. The van der Waals surface area contributed by atoms with Crippen molar-refractivity contribution in [3.63, 3.8) is 0 Å². The quantitative estimate of drug-likeness (QED) is 0.533. The maximum atomic E-state index is 4.19. The standard InChI is InChI=1S/C6H8BrN/c1-4-3-8-5(2)6(4)7/h3H2,1-2H3. The Kier molecular flexibility index (Phi) is 1.52. The molecule has 0 N–H and O–H groups in total. The van der Waals surface area contributed by atoms with Crippen LogP contribution in [0.1, 0.15) is 13.8 Å². The number of allylic oxidation sites excluding steroid dienone is 1. The van der Waals surface area contributed by atoms with Crippen molar-refractivity contribution in [1.82, 2.24) is 0 Å². The van der Waals surface area contributed by atoms with E-state index >= 15 is 0 Å². The van der Waals surface area contributed by atoms with E-state index in [1.54, 1.807) is 0 Å². The van der Waals surface area contributed by atoms with Crippen LogP contribution in [0.2, 0.25) is 0 Å². The topological polar surface area (TPSA) is 12.4 Å². The highest BCUT2D eigenvalue weighted by atomic mass is 79.9. The zero-order valence-corrected chi connectivity index (χ0v) is 6.62. The van der Waals surface area contributed by atoms with Gasteiger partial charge in [-0.05, 0) is 35.4 Å². The van der Waals surface area contributed by atoms with Crippen molar-refractivity contribution in [3.8, 4) is 0 Å². The van der Waals surface area contributed by atoms with E-state index in [0.29, 0.717) is 0 Å². The first kappa shape index (κ1) is 6.02. The Balaban J connectivity index is 2.88. The normalized spacial score (nSPS) is 19.6. The minimum atomic E-state index is 0.881. The van der Waals surface area contributed by atoms with Crippen LogP contribution in [0, 0.1) is 0 Å². The van der Waals surface area contributed by atoms with Crippen molar-refractivity contribution < 1.29 is 0 Å². The minimum absolute atomic E-state index is 0.881. The number of rotatable bonds is 0. The second-order valence-electron chi connectivity index (χ2n) is 2.00. The fourth-order valence-corrected chi connectivity index (χ4v) is 0.936. The lowest BCUT2D eigenvalue weighted by molar-refractivity contribution is 1.17. The Labute approximate surface area is 57.6 Å². The van der Waals surface area contributed by atoms with Crippen molar-refractivity contribution in [3.05, 3.63) is 10.1 Å². The van der Waals surface area contributed by atoms with E-state index in [9.17, 15) is 0 Å². The number of aliphatic imine (C=N–C) groups is 1. The summed E-state index contributed by atoms with van der Waals surface area (Å²) in [6.45, 7) is 4.98. The molecular weight excluding hydrogens is 166 g/mol. The summed E-state index contributed by atoms with van der Waals surface area (Å²) >= 11 is 3.42. The molecule has 1 rings (SSSR count). The first-order chi connectivity index (χ1) is 3.72. The third-order valence-corrected chi connectivity index (χ3v) is 2.50. The Morgan fingerprint density at radius 1 is 1.50 bits per heavy atom. The van der Waals surface area contributed by atoms with Gasteiger partial charge in [-0.2, -0.15) is 0 Å². The Bertz CT molecular complexity index is 162. The summed E-state index contributed by atoms with van der Waals surface area (Å²) in [5, 5.41) is 0. The summed E-state index contributed by atoms with van der Waals surface area (Å²) in [5.41, 5.74) is 2.46. The third kappa shape index (κ3) is 0.848. The molecule has 0 unspecified atom stereocenters. The van der Waals surface area contributed by atoms with Crippen LogP contribution in [0.3, 0.4) is 0 Å². The molecule has 0 amide bonds. The highest BCUT2D eigenvalue weighted by Gasteiger charge is 2.07. The van der Waals surface area contributed by atoms with Gasteiger partial charge in [-0.1, -0.05) is 0 Å². The predicted molar refractivity (Wildman–Crippen MR) is 39.6 cm³/mol. The lowest BCUT2D eigenvalue weighted by atomic mass is 10.3. The summed E-state index contributed by atoms with van der Waals surface area (Å²) in [4.78, 5) is 4.19. The largest absolute Gasteiger partial charge is 0.284 e. The fraction of sp³-hybridized carbons (Fsp3) is 0.500. The number of halogens is 1. The second kappa shape index (κ2) is 2.02. The lowest BCUT2D eigenvalue weighted by Gasteiger charge is -1.88. The van der Waals surface area contributed by atoms with Crippen LogP contribution in [-0.4, -0.2) is 12.3 Å². The highest BCUT2D eigenvalue weighted by molar-refractivity contribution is 9.12. The summed E-state index contributed by atoms with van der Waals surface area (Å²) in [5.74, 6) is 0. The van der Waals surface area contributed by atoms with Crippen molar-refractivity contribution in [2.75, 3.05) is 6.54 Å². The third-order valence-electron chi connectivity index (χ3n) is 1.25. The van der Waals surface area contributed by atoms with Crippen LogP contribution >= 0.6 is 15.9 Å². The molecule has 1 aliphatic rings. The maximum absolute atomic E-state index is 4.19.